The van der Waals surface area contributed by atoms with Crippen molar-refractivity contribution < 1.29 is 9.21 Å². The Morgan fingerprint density at radius 3 is 2.62 bits per heavy atom. The second-order valence-corrected chi connectivity index (χ2v) is 5.94. The lowest BCUT2D eigenvalue weighted by molar-refractivity contribution is 0.0953. The van der Waals surface area contributed by atoms with Crippen LogP contribution in [0.4, 0.5) is 0 Å². The maximum Gasteiger partial charge on any atom is 0.253 e. The molecule has 3 rings (SSSR count). The summed E-state index contributed by atoms with van der Waals surface area (Å²) in [6.45, 7) is 5.26. The van der Waals surface area contributed by atoms with Gasteiger partial charge >= 0.3 is 0 Å². The number of hydrogen-bond donors (Lipinski definition) is 1. The molecule has 2 aromatic heterocycles. The van der Waals surface area contributed by atoms with Crippen LogP contribution in [0.25, 0.3) is 0 Å². The highest BCUT2D eigenvalue weighted by atomic mass is 16.3. The number of carbonyl (C=O) groups excluding carboxylic acids is 1. The van der Waals surface area contributed by atoms with Crippen LogP contribution in [0.2, 0.25) is 0 Å². The fourth-order valence-electron chi connectivity index (χ4n) is 2.89. The zero-order valence-corrected chi connectivity index (χ0v) is 14.1. The normalized spacial score (nSPS) is 10.8. The first-order chi connectivity index (χ1) is 11.6. The van der Waals surface area contributed by atoms with Crippen LogP contribution in [-0.2, 0) is 13.0 Å². The van der Waals surface area contributed by atoms with Crippen LogP contribution in [-0.4, -0.2) is 17.0 Å². The monoisotopic (exact) mass is 322 g/mol. The zero-order chi connectivity index (χ0) is 16.9. The second kappa shape index (κ2) is 7.21. The van der Waals surface area contributed by atoms with Crippen molar-refractivity contribution in [2.75, 3.05) is 6.54 Å². The van der Waals surface area contributed by atoms with Gasteiger partial charge in [0.25, 0.3) is 5.91 Å². The molecule has 0 saturated carbocycles. The number of furan rings is 1. The number of aromatic nitrogens is 1. The first-order valence-corrected chi connectivity index (χ1v) is 8.16. The van der Waals surface area contributed by atoms with Gasteiger partial charge in [-0.25, -0.2) is 0 Å². The molecule has 3 aromatic rings. The average Bonchev–Trinajstić information content (AvgIpc) is 3.19. The fraction of sp³-hybridized carbons (Fsp3) is 0.250. The maximum atomic E-state index is 12.5. The van der Waals surface area contributed by atoms with Crippen molar-refractivity contribution in [2.24, 2.45) is 0 Å². The molecular formula is C20H22N2O2. The lowest BCUT2D eigenvalue weighted by atomic mass is 10.1. The van der Waals surface area contributed by atoms with Crippen molar-refractivity contribution in [3.8, 4) is 0 Å². The molecule has 2 heterocycles. The van der Waals surface area contributed by atoms with Gasteiger partial charge in [-0.3, -0.25) is 4.79 Å². The molecule has 1 aromatic carbocycles. The molecule has 0 fully saturated rings. The van der Waals surface area contributed by atoms with E-state index in [1.165, 1.54) is 5.56 Å². The standard InChI is InChI=1S/C20H22N2O2/c1-15-13-19(16(2)22(15)14-18-9-6-12-24-18)20(23)21-11-10-17-7-4-3-5-8-17/h3-9,12-13H,10-11,14H2,1-2H3,(H,21,23). The Morgan fingerprint density at radius 1 is 1.12 bits per heavy atom. The Hall–Kier alpha value is -2.75. The van der Waals surface area contributed by atoms with Gasteiger partial charge < -0.3 is 14.3 Å². The molecule has 0 radical (unpaired) electrons. The number of carbonyl (C=O) groups is 1. The number of rotatable bonds is 6. The summed E-state index contributed by atoms with van der Waals surface area (Å²) in [6.07, 6.45) is 2.50. The summed E-state index contributed by atoms with van der Waals surface area (Å²) in [7, 11) is 0. The molecule has 0 bridgehead atoms. The van der Waals surface area contributed by atoms with E-state index in [2.05, 4.69) is 22.0 Å². The summed E-state index contributed by atoms with van der Waals surface area (Å²) in [6, 6.07) is 15.9. The predicted octanol–water partition coefficient (Wildman–Crippen LogP) is 3.72. The quantitative estimate of drug-likeness (QED) is 0.752. The van der Waals surface area contributed by atoms with Gasteiger partial charge in [0, 0.05) is 17.9 Å². The molecule has 4 heteroatoms. The minimum Gasteiger partial charge on any atom is -0.467 e. The molecule has 1 amide bonds. The van der Waals surface area contributed by atoms with E-state index in [4.69, 9.17) is 4.42 Å². The van der Waals surface area contributed by atoms with Crippen molar-refractivity contribution in [1.82, 2.24) is 9.88 Å². The van der Waals surface area contributed by atoms with E-state index in [9.17, 15) is 4.79 Å². The first-order valence-electron chi connectivity index (χ1n) is 8.16. The summed E-state index contributed by atoms with van der Waals surface area (Å²) in [5, 5.41) is 3.01. The molecule has 124 valence electrons. The van der Waals surface area contributed by atoms with Crippen LogP contribution in [0.5, 0.6) is 0 Å². The molecule has 0 atom stereocenters. The number of nitrogens with zero attached hydrogens (tertiary/aromatic N) is 1. The Balaban J connectivity index is 1.64. The number of hydrogen-bond acceptors (Lipinski definition) is 2. The second-order valence-electron chi connectivity index (χ2n) is 5.94. The largest absolute Gasteiger partial charge is 0.467 e. The average molecular weight is 322 g/mol. The lowest BCUT2D eigenvalue weighted by Gasteiger charge is -2.08. The predicted molar refractivity (Wildman–Crippen MR) is 94.2 cm³/mol. The summed E-state index contributed by atoms with van der Waals surface area (Å²) < 4.78 is 7.51. The van der Waals surface area contributed by atoms with E-state index in [0.29, 0.717) is 13.1 Å². The third-order valence-electron chi connectivity index (χ3n) is 4.25. The zero-order valence-electron chi connectivity index (χ0n) is 14.1. The number of nitrogens with one attached hydrogen (secondary N) is 1. The Morgan fingerprint density at radius 2 is 1.92 bits per heavy atom. The summed E-state index contributed by atoms with van der Waals surface area (Å²) in [4.78, 5) is 12.5. The van der Waals surface area contributed by atoms with Crippen LogP contribution < -0.4 is 5.32 Å². The Bertz CT molecular complexity index is 802. The van der Waals surface area contributed by atoms with Crippen molar-refractivity contribution in [3.63, 3.8) is 0 Å². The smallest absolute Gasteiger partial charge is 0.253 e. The van der Waals surface area contributed by atoms with Gasteiger partial charge in [0.1, 0.15) is 5.76 Å². The van der Waals surface area contributed by atoms with Gasteiger partial charge in [-0.05, 0) is 44.0 Å². The van der Waals surface area contributed by atoms with E-state index in [-0.39, 0.29) is 5.91 Å². The van der Waals surface area contributed by atoms with Gasteiger partial charge in [-0.1, -0.05) is 30.3 Å². The molecule has 4 nitrogen and oxygen atoms in total. The fourth-order valence-corrected chi connectivity index (χ4v) is 2.89. The van der Waals surface area contributed by atoms with Crippen LogP contribution in [0, 0.1) is 13.8 Å². The number of aryl methyl sites for hydroxylation is 1. The first kappa shape index (κ1) is 16.1. The highest BCUT2D eigenvalue weighted by Gasteiger charge is 2.16. The van der Waals surface area contributed by atoms with E-state index in [1.807, 2.05) is 50.2 Å². The van der Waals surface area contributed by atoms with Crippen LogP contribution in [0.1, 0.15) is 33.1 Å². The van der Waals surface area contributed by atoms with E-state index in [0.717, 1.165) is 29.1 Å². The van der Waals surface area contributed by atoms with Gasteiger partial charge in [-0.2, -0.15) is 0 Å². The molecule has 24 heavy (non-hydrogen) atoms. The Labute approximate surface area is 142 Å². The van der Waals surface area contributed by atoms with Gasteiger partial charge in [0.05, 0.1) is 18.4 Å². The van der Waals surface area contributed by atoms with E-state index in [1.54, 1.807) is 6.26 Å². The van der Waals surface area contributed by atoms with Crippen molar-refractivity contribution >= 4 is 5.91 Å². The Kier molecular flexibility index (Phi) is 4.85. The SMILES string of the molecule is Cc1cc(C(=O)NCCc2ccccc2)c(C)n1Cc1ccco1. The third kappa shape index (κ3) is 3.59. The highest BCUT2D eigenvalue weighted by molar-refractivity contribution is 5.95. The van der Waals surface area contributed by atoms with Crippen molar-refractivity contribution in [2.45, 2.75) is 26.8 Å². The molecule has 0 aliphatic heterocycles. The van der Waals surface area contributed by atoms with Gasteiger partial charge in [0.2, 0.25) is 0 Å². The highest BCUT2D eigenvalue weighted by Crippen LogP contribution is 2.17. The molecule has 0 spiro atoms. The number of amides is 1. The molecular weight excluding hydrogens is 300 g/mol. The topological polar surface area (TPSA) is 47.2 Å². The third-order valence-corrected chi connectivity index (χ3v) is 4.25. The number of benzene rings is 1. The van der Waals surface area contributed by atoms with Gasteiger partial charge in [0.15, 0.2) is 0 Å². The van der Waals surface area contributed by atoms with Crippen LogP contribution >= 0.6 is 0 Å². The minimum atomic E-state index is -0.0234. The van der Waals surface area contributed by atoms with Crippen LogP contribution in [0.3, 0.4) is 0 Å². The van der Waals surface area contributed by atoms with Gasteiger partial charge in [-0.15, -0.1) is 0 Å². The molecule has 0 aliphatic rings. The molecule has 0 saturated heterocycles. The van der Waals surface area contributed by atoms with Crippen LogP contribution in [0.15, 0.2) is 59.2 Å². The molecule has 0 aliphatic carbocycles. The maximum absolute atomic E-state index is 12.5. The summed E-state index contributed by atoms with van der Waals surface area (Å²) >= 11 is 0. The molecule has 0 unspecified atom stereocenters. The molecule has 1 N–H and O–H groups in total. The minimum absolute atomic E-state index is 0.0234. The lowest BCUT2D eigenvalue weighted by Crippen LogP contribution is -2.26. The van der Waals surface area contributed by atoms with E-state index < -0.39 is 0 Å². The van der Waals surface area contributed by atoms with Crippen molar-refractivity contribution in [1.29, 1.82) is 0 Å². The summed E-state index contributed by atoms with van der Waals surface area (Å²) in [5.41, 5.74) is 3.96. The summed E-state index contributed by atoms with van der Waals surface area (Å²) in [5.74, 6) is 0.859. The van der Waals surface area contributed by atoms with E-state index >= 15 is 0 Å². The van der Waals surface area contributed by atoms with Crippen molar-refractivity contribution in [3.05, 3.63) is 83.1 Å².